The normalized spacial score (nSPS) is 20.6. The van der Waals surface area contributed by atoms with E-state index < -0.39 is 0 Å². The maximum absolute atomic E-state index is 11.2. The molecular weight excluding hydrogens is 258 g/mol. The van der Waals surface area contributed by atoms with Gasteiger partial charge in [-0.1, -0.05) is 0 Å². The van der Waals surface area contributed by atoms with Crippen molar-refractivity contribution in [2.45, 2.75) is 19.4 Å². The number of hydrogen-bond donors (Lipinski definition) is 1. The van der Waals surface area contributed by atoms with Crippen molar-refractivity contribution in [2.75, 3.05) is 43.9 Å². The third-order valence-corrected chi connectivity index (χ3v) is 3.63. The highest BCUT2D eigenvalue weighted by Gasteiger charge is 2.27. The molecule has 2 heterocycles. The van der Waals surface area contributed by atoms with Crippen LogP contribution in [0.25, 0.3) is 0 Å². The number of likely N-dealkylation sites (N-methyl/N-ethyl adjacent to an activating group) is 1. The Morgan fingerprint density at radius 1 is 1.45 bits per heavy atom. The second-order valence-corrected chi connectivity index (χ2v) is 5.20. The van der Waals surface area contributed by atoms with E-state index >= 15 is 0 Å². The highest BCUT2D eigenvalue weighted by atomic mass is 16.6. The third-order valence-electron chi connectivity index (χ3n) is 3.63. The highest BCUT2D eigenvalue weighted by molar-refractivity contribution is 5.62. The average molecular weight is 279 g/mol. The Kier molecular flexibility index (Phi) is 4.39. The Balaban J connectivity index is 2.40. The van der Waals surface area contributed by atoms with Gasteiger partial charge in [-0.2, -0.15) is 0 Å². The van der Waals surface area contributed by atoms with E-state index in [1.807, 2.05) is 4.90 Å². The van der Waals surface area contributed by atoms with Gasteiger partial charge in [0.05, 0.1) is 4.92 Å². The van der Waals surface area contributed by atoms with E-state index in [1.54, 1.807) is 13.1 Å². The van der Waals surface area contributed by atoms with Crippen molar-refractivity contribution in [2.24, 2.45) is 0 Å². The topological polar surface area (TPSA) is 74.5 Å². The van der Waals surface area contributed by atoms with Crippen molar-refractivity contribution < 1.29 is 4.92 Å². The zero-order valence-electron chi connectivity index (χ0n) is 12.2. The standard InChI is InChI=1S/C13H21N5O2/c1-10-9-16(3)7-4-8-17(10)13-11(18(19)20)5-6-12(14-2)15-13/h5-6,10H,4,7-9H2,1-3H3,(H,14,15). The van der Waals surface area contributed by atoms with Crippen LogP contribution < -0.4 is 10.2 Å². The lowest BCUT2D eigenvalue weighted by atomic mass is 10.2. The lowest BCUT2D eigenvalue weighted by Crippen LogP contribution is -2.38. The first-order valence-electron chi connectivity index (χ1n) is 6.81. The van der Waals surface area contributed by atoms with Crippen LogP contribution in [0, 0.1) is 10.1 Å². The molecule has 2 rings (SSSR count). The van der Waals surface area contributed by atoms with Crippen LogP contribution in [0.2, 0.25) is 0 Å². The van der Waals surface area contributed by atoms with Gasteiger partial charge < -0.3 is 15.1 Å². The quantitative estimate of drug-likeness (QED) is 0.668. The Hall–Kier alpha value is -1.89. The summed E-state index contributed by atoms with van der Waals surface area (Å²) in [7, 11) is 3.84. The van der Waals surface area contributed by atoms with Gasteiger partial charge in [-0.3, -0.25) is 10.1 Å². The van der Waals surface area contributed by atoms with Crippen LogP contribution in [0.3, 0.4) is 0 Å². The largest absolute Gasteiger partial charge is 0.373 e. The van der Waals surface area contributed by atoms with Crippen LogP contribution in [-0.2, 0) is 0 Å². The number of nitrogens with one attached hydrogen (secondary N) is 1. The predicted octanol–water partition coefficient (Wildman–Crippen LogP) is 1.56. The fourth-order valence-corrected chi connectivity index (χ4v) is 2.62. The van der Waals surface area contributed by atoms with E-state index in [9.17, 15) is 10.1 Å². The maximum atomic E-state index is 11.2. The molecule has 1 saturated heterocycles. The monoisotopic (exact) mass is 279 g/mol. The van der Waals surface area contributed by atoms with Crippen molar-refractivity contribution in [3.05, 3.63) is 22.2 Å². The van der Waals surface area contributed by atoms with E-state index in [-0.39, 0.29) is 16.7 Å². The van der Waals surface area contributed by atoms with Crippen LogP contribution in [0.4, 0.5) is 17.3 Å². The fourth-order valence-electron chi connectivity index (χ4n) is 2.62. The van der Waals surface area contributed by atoms with Crippen LogP contribution in [0.15, 0.2) is 12.1 Å². The number of pyridine rings is 1. The SMILES string of the molecule is CNc1ccc([N+](=O)[O-])c(N2CCCN(C)CC2C)n1. The second kappa shape index (κ2) is 6.04. The molecule has 1 N–H and O–H groups in total. The lowest BCUT2D eigenvalue weighted by molar-refractivity contribution is -0.384. The van der Waals surface area contributed by atoms with Crippen molar-refractivity contribution in [3.63, 3.8) is 0 Å². The third kappa shape index (κ3) is 2.98. The van der Waals surface area contributed by atoms with Crippen molar-refractivity contribution in [1.29, 1.82) is 0 Å². The minimum absolute atomic E-state index is 0.0698. The second-order valence-electron chi connectivity index (χ2n) is 5.20. The molecule has 7 nitrogen and oxygen atoms in total. The van der Waals surface area contributed by atoms with Gasteiger partial charge in [0.15, 0.2) is 0 Å². The molecule has 1 aromatic rings. The summed E-state index contributed by atoms with van der Waals surface area (Å²) in [6.07, 6.45) is 0.976. The molecule has 110 valence electrons. The molecule has 0 radical (unpaired) electrons. The van der Waals surface area contributed by atoms with Gasteiger partial charge in [0.1, 0.15) is 5.82 Å². The number of hydrogen-bond acceptors (Lipinski definition) is 6. The molecule has 1 aromatic heterocycles. The Labute approximate surface area is 118 Å². The average Bonchev–Trinajstić information content (AvgIpc) is 2.58. The van der Waals surface area contributed by atoms with Gasteiger partial charge >= 0.3 is 5.69 Å². The molecule has 1 aliphatic rings. The first-order valence-corrected chi connectivity index (χ1v) is 6.81. The summed E-state index contributed by atoms with van der Waals surface area (Å²) in [5.74, 6) is 1.11. The molecule has 1 aliphatic heterocycles. The maximum Gasteiger partial charge on any atom is 0.311 e. The van der Waals surface area contributed by atoms with Crippen LogP contribution in [0.1, 0.15) is 13.3 Å². The number of nitrogens with zero attached hydrogens (tertiary/aromatic N) is 4. The van der Waals surface area contributed by atoms with E-state index in [4.69, 9.17) is 0 Å². The first kappa shape index (κ1) is 14.5. The summed E-state index contributed by atoms with van der Waals surface area (Å²) in [6.45, 7) is 4.74. The molecule has 1 atom stereocenters. The molecule has 0 aromatic carbocycles. The number of aromatic nitrogens is 1. The molecule has 7 heteroatoms. The van der Waals surface area contributed by atoms with E-state index in [1.165, 1.54) is 6.07 Å². The summed E-state index contributed by atoms with van der Waals surface area (Å²) < 4.78 is 0. The molecular formula is C13H21N5O2. The summed E-state index contributed by atoms with van der Waals surface area (Å²) >= 11 is 0. The summed E-state index contributed by atoms with van der Waals surface area (Å²) in [5, 5.41) is 14.2. The number of anilines is 2. The fraction of sp³-hybridized carbons (Fsp3) is 0.615. The van der Waals surface area contributed by atoms with Gasteiger partial charge in [0.2, 0.25) is 5.82 Å². The van der Waals surface area contributed by atoms with E-state index in [0.29, 0.717) is 11.6 Å². The van der Waals surface area contributed by atoms with E-state index in [2.05, 4.69) is 29.2 Å². The highest BCUT2D eigenvalue weighted by Crippen LogP contribution is 2.30. The van der Waals surface area contributed by atoms with Crippen LogP contribution >= 0.6 is 0 Å². The van der Waals surface area contributed by atoms with Gasteiger partial charge in [-0.15, -0.1) is 0 Å². The molecule has 0 amide bonds. The molecule has 0 aliphatic carbocycles. The van der Waals surface area contributed by atoms with Crippen molar-refractivity contribution in [3.8, 4) is 0 Å². The summed E-state index contributed by atoms with van der Waals surface area (Å²) in [4.78, 5) is 19.6. The van der Waals surface area contributed by atoms with Gasteiger partial charge in [-0.25, -0.2) is 4.98 Å². The summed E-state index contributed by atoms with van der Waals surface area (Å²) in [5.41, 5.74) is 0.0698. The van der Waals surface area contributed by atoms with Crippen molar-refractivity contribution in [1.82, 2.24) is 9.88 Å². The van der Waals surface area contributed by atoms with Gasteiger partial charge in [-0.05, 0) is 33.0 Å². The summed E-state index contributed by atoms with van der Waals surface area (Å²) in [6, 6.07) is 3.35. The molecule has 1 unspecified atom stereocenters. The lowest BCUT2D eigenvalue weighted by Gasteiger charge is -2.28. The first-order chi connectivity index (χ1) is 9.52. The number of rotatable bonds is 3. The minimum Gasteiger partial charge on any atom is -0.373 e. The predicted molar refractivity (Wildman–Crippen MR) is 79.4 cm³/mol. The van der Waals surface area contributed by atoms with Crippen LogP contribution in [0.5, 0.6) is 0 Å². The van der Waals surface area contributed by atoms with Gasteiger partial charge in [0.25, 0.3) is 0 Å². The Bertz CT molecular complexity index is 494. The van der Waals surface area contributed by atoms with Gasteiger partial charge in [0, 0.05) is 32.2 Å². The Morgan fingerprint density at radius 3 is 2.85 bits per heavy atom. The minimum atomic E-state index is -0.358. The Morgan fingerprint density at radius 2 is 2.20 bits per heavy atom. The molecule has 0 saturated carbocycles. The zero-order chi connectivity index (χ0) is 14.7. The van der Waals surface area contributed by atoms with Crippen LogP contribution in [-0.4, -0.2) is 54.6 Å². The molecule has 1 fully saturated rings. The molecule has 0 spiro atoms. The zero-order valence-corrected chi connectivity index (χ0v) is 12.2. The number of nitro groups is 1. The molecule has 0 bridgehead atoms. The van der Waals surface area contributed by atoms with Crippen molar-refractivity contribution >= 4 is 17.3 Å². The smallest absolute Gasteiger partial charge is 0.311 e. The van der Waals surface area contributed by atoms with E-state index in [0.717, 1.165) is 26.1 Å². The molecule has 20 heavy (non-hydrogen) atoms.